The monoisotopic (exact) mass is 465 g/mol. The summed E-state index contributed by atoms with van der Waals surface area (Å²) in [5.41, 5.74) is 2.32. The first-order valence-electron chi connectivity index (χ1n) is 12.7. The minimum atomic E-state index is -0.191. The van der Waals surface area contributed by atoms with Crippen molar-refractivity contribution in [3.8, 4) is 5.75 Å². The van der Waals surface area contributed by atoms with E-state index in [0.717, 1.165) is 43.4 Å². The molecule has 1 aliphatic carbocycles. The van der Waals surface area contributed by atoms with E-state index in [1.54, 1.807) is 12.1 Å². The van der Waals surface area contributed by atoms with Crippen molar-refractivity contribution < 1.29 is 9.13 Å². The molecular formula is C29H40FN3O. The molecule has 1 saturated carbocycles. The number of nitrogens with one attached hydrogen (secondary N) is 1. The van der Waals surface area contributed by atoms with E-state index in [-0.39, 0.29) is 5.82 Å². The summed E-state index contributed by atoms with van der Waals surface area (Å²) in [6.45, 7) is 13.2. The molecule has 4 rings (SSSR count). The van der Waals surface area contributed by atoms with E-state index >= 15 is 0 Å². The molecule has 2 aliphatic rings. The van der Waals surface area contributed by atoms with Gasteiger partial charge in [-0.05, 0) is 73.0 Å². The number of likely N-dealkylation sites (tertiary alicyclic amines) is 1. The van der Waals surface area contributed by atoms with Gasteiger partial charge in [-0.1, -0.05) is 51.1 Å². The first-order chi connectivity index (χ1) is 16.4. The van der Waals surface area contributed by atoms with Crippen LogP contribution in [0.5, 0.6) is 5.75 Å². The highest BCUT2D eigenvalue weighted by molar-refractivity contribution is 5.27. The molecule has 184 valence electrons. The second-order valence-corrected chi connectivity index (χ2v) is 10.6. The highest BCUT2D eigenvalue weighted by atomic mass is 19.1. The highest BCUT2D eigenvalue weighted by Gasteiger charge is 2.42. The number of nitrogens with zero attached hydrogens (tertiary/aromatic N) is 2. The molecule has 2 aromatic rings. The summed E-state index contributed by atoms with van der Waals surface area (Å²) in [6, 6.07) is 15.7. The van der Waals surface area contributed by atoms with Crippen molar-refractivity contribution in [2.75, 3.05) is 26.7 Å². The number of ether oxygens (including phenoxy) is 1. The van der Waals surface area contributed by atoms with Crippen LogP contribution in [0.4, 0.5) is 4.39 Å². The van der Waals surface area contributed by atoms with Gasteiger partial charge in [0.25, 0.3) is 0 Å². The Balaban J connectivity index is 1.46. The lowest BCUT2D eigenvalue weighted by atomic mass is 9.72. The molecule has 1 N–H and O–H groups in total. The summed E-state index contributed by atoms with van der Waals surface area (Å²) in [4.78, 5) is 4.95. The molecule has 4 nitrogen and oxygen atoms in total. The fourth-order valence-electron chi connectivity index (χ4n) is 5.59. The van der Waals surface area contributed by atoms with Crippen LogP contribution in [0.1, 0.15) is 44.2 Å². The van der Waals surface area contributed by atoms with Crippen molar-refractivity contribution in [3.05, 3.63) is 77.9 Å². The Bertz CT molecular complexity index is 913. The van der Waals surface area contributed by atoms with Gasteiger partial charge in [-0.25, -0.2) is 4.39 Å². The van der Waals surface area contributed by atoms with E-state index in [4.69, 9.17) is 4.74 Å². The molecule has 0 spiro atoms. The lowest BCUT2D eigenvalue weighted by molar-refractivity contribution is -0.00184. The summed E-state index contributed by atoms with van der Waals surface area (Å²) in [5.74, 6) is 3.45. The number of fused-ring (bicyclic) bond motifs is 2. The average Bonchev–Trinajstić information content (AvgIpc) is 2.81. The van der Waals surface area contributed by atoms with Gasteiger partial charge in [0.15, 0.2) is 0 Å². The van der Waals surface area contributed by atoms with Crippen LogP contribution in [-0.2, 0) is 13.1 Å². The van der Waals surface area contributed by atoms with Crippen molar-refractivity contribution in [1.29, 1.82) is 0 Å². The van der Waals surface area contributed by atoms with Crippen LogP contribution in [0.25, 0.3) is 0 Å². The number of hydrogen-bond donors (Lipinski definition) is 1. The Labute approximate surface area is 204 Å². The van der Waals surface area contributed by atoms with E-state index in [0.29, 0.717) is 30.3 Å². The average molecular weight is 466 g/mol. The van der Waals surface area contributed by atoms with Gasteiger partial charge in [-0.2, -0.15) is 0 Å². The summed E-state index contributed by atoms with van der Waals surface area (Å²) in [6.07, 6.45) is 3.84. The Morgan fingerprint density at radius 3 is 2.29 bits per heavy atom. The van der Waals surface area contributed by atoms with E-state index < -0.39 is 0 Å². The van der Waals surface area contributed by atoms with Crippen molar-refractivity contribution in [2.24, 2.45) is 17.8 Å². The van der Waals surface area contributed by atoms with Crippen molar-refractivity contribution in [3.63, 3.8) is 0 Å². The van der Waals surface area contributed by atoms with Crippen molar-refractivity contribution in [1.82, 2.24) is 15.1 Å². The molecule has 1 aliphatic heterocycles. The van der Waals surface area contributed by atoms with Gasteiger partial charge in [0, 0.05) is 32.2 Å². The molecule has 0 amide bonds. The van der Waals surface area contributed by atoms with Gasteiger partial charge in [-0.15, -0.1) is 0 Å². The van der Waals surface area contributed by atoms with Gasteiger partial charge in [0.2, 0.25) is 0 Å². The third kappa shape index (κ3) is 6.32. The van der Waals surface area contributed by atoms with E-state index in [1.807, 2.05) is 24.3 Å². The Morgan fingerprint density at radius 2 is 1.68 bits per heavy atom. The van der Waals surface area contributed by atoms with Gasteiger partial charge in [0.1, 0.15) is 11.6 Å². The van der Waals surface area contributed by atoms with E-state index in [9.17, 15) is 4.39 Å². The molecule has 2 fully saturated rings. The molecular weight excluding hydrogens is 425 g/mol. The summed E-state index contributed by atoms with van der Waals surface area (Å²) in [7, 11) is 2.24. The third-order valence-corrected chi connectivity index (χ3v) is 7.18. The van der Waals surface area contributed by atoms with Crippen LogP contribution in [0, 0.1) is 23.6 Å². The predicted molar refractivity (Wildman–Crippen MR) is 137 cm³/mol. The van der Waals surface area contributed by atoms with Crippen LogP contribution in [0.15, 0.2) is 60.9 Å². The summed E-state index contributed by atoms with van der Waals surface area (Å²) in [5, 5.41) is 3.60. The molecule has 5 heteroatoms. The first-order valence-corrected chi connectivity index (χ1v) is 12.7. The lowest BCUT2D eigenvalue weighted by Crippen LogP contribution is -2.57. The fourth-order valence-corrected chi connectivity index (χ4v) is 5.59. The van der Waals surface area contributed by atoms with Crippen molar-refractivity contribution >= 4 is 0 Å². The maximum Gasteiger partial charge on any atom is 0.123 e. The van der Waals surface area contributed by atoms with Crippen LogP contribution < -0.4 is 10.1 Å². The van der Waals surface area contributed by atoms with Crippen LogP contribution in [0.3, 0.4) is 0 Å². The standard InChI is InChI=1S/C29H40FN3O/c1-21(2)20-34-28-14-10-23(11-15-28)16-31-22(3)33(17-24-8-12-27(30)13-9-24)29-25-6-5-7-26(29)19-32(4)18-25/h8-15,21,25-26,29,31H,3,5-7,16-20H2,1-2,4H3/t25-,26+,29-. The Hall–Kier alpha value is -2.53. The van der Waals surface area contributed by atoms with Crippen molar-refractivity contribution in [2.45, 2.75) is 52.2 Å². The third-order valence-electron chi connectivity index (χ3n) is 7.18. The Kier molecular flexibility index (Phi) is 8.15. The highest BCUT2D eigenvalue weighted by Crippen LogP contribution is 2.39. The minimum absolute atomic E-state index is 0.191. The van der Waals surface area contributed by atoms with Gasteiger partial charge < -0.3 is 19.9 Å². The van der Waals surface area contributed by atoms with Gasteiger partial charge in [0.05, 0.1) is 12.4 Å². The number of rotatable bonds is 10. The zero-order valence-electron chi connectivity index (χ0n) is 21.0. The second-order valence-electron chi connectivity index (χ2n) is 10.6. The maximum absolute atomic E-state index is 13.5. The Morgan fingerprint density at radius 1 is 1.06 bits per heavy atom. The predicted octanol–water partition coefficient (Wildman–Crippen LogP) is 5.65. The summed E-state index contributed by atoms with van der Waals surface area (Å²) < 4.78 is 19.3. The lowest BCUT2D eigenvalue weighted by Gasteiger charge is -2.52. The van der Waals surface area contributed by atoms with E-state index in [1.165, 1.54) is 24.8 Å². The molecule has 0 radical (unpaired) electrons. The maximum atomic E-state index is 13.5. The smallest absolute Gasteiger partial charge is 0.123 e. The molecule has 34 heavy (non-hydrogen) atoms. The molecule has 2 bridgehead atoms. The molecule has 1 saturated heterocycles. The largest absolute Gasteiger partial charge is 0.493 e. The first kappa shape index (κ1) is 24.6. The zero-order chi connectivity index (χ0) is 24.1. The van der Waals surface area contributed by atoms with Crippen LogP contribution in [0.2, 0.25) is 0 Å². The number of halogens is 1. The topological polar surface area (TPSA) is 27.7 Å². The number of piperidine rings is 1. The van der Waals surface area contributed by atoms with Crippen LogP contribution in [-0.4, -0.2) is 42.6 Å². The SMILES string of the molecule is C=C(NCc1ccc(OCC(C)C)cc1)N(Cc1ccc(F)cc1)[C@@H]1[C@@H]2CCC[C@H]1CN(C)C2. The van der Waals surface area contributed by atoms with E-state index in [2.05, 4.69) is 54.7 Å². The zero-order valence-corrected chi connectivity index (χ0v) is 21.0. The van der Waals surface area contributed by atoms with Crippen LogP contribution >= 0.6 is 0 Å². The van der Waals surface area contributed by atoms with Gasteiger partial charge >= 0.3 is 0 Å². The number of benzene rings is 2. The fraction of sp³-hybridized carbons (Fsp3) is 0.517. The second kappa shape index (κ2) is 11.3. The number of hydrogen-bond acceptors (Lipinski definition) is 4. The summed E-state index contributed by atoms with van der Waals surface area (Å²) >= 11 is 0. The molecule has 2 aromatic carbocycles. The molecule has 0 unspecified atom stereocenters. The quantitative estimate of drug-likeness (QED) is 0.490. The molecule has 3 atom stereocenters. The van der Waals surface area contributed by atoms with Gasteiger partial charge in [-0.3, -0.25) is 0 Å². The molecule has 0 aromatic heterocycles. The minimum Gasteiger partial charge on any atom is -0.493 e. The molecule has 1 heterocycles. The normalized spacial score (nSPS) is 22.4.